The van der Waals surface area contributed by atoms with Gasteiger partial charge in [0.25, 0.3) is 5.91 Å². The first-order valence-corrected chi connectivity index (χ1v) is 7.73. The van der Waals surface area contributed by atoms with Crippen molar-refractivity contribution in [1.82, 2.24) is 10.6 Å². The van der Waals surface area contributed by atoms with Crippen LogP contribution in [-0.4, -0.2) is 24.9 Å². The first-order valence-electron chi connectivity index (χ1n) is 7.73. The molecule has 26 heavy (non-hydrogen) atoms. The van der Waals surface area contributed by atoms with Gasteiger partial charge in [-0.3, -0.25) is 9.59 Å². The molecule has 1 aromatic heterocycles. The van der Waals surface area contributed by atoms with E-state index in [-0.39, 0.29) is 24.8 Å². The zero-order valence-corrected chi connectivity index (χ0v) is 13.9. The number of benzene rings is 1. The zero-order chi connectivity index (χ0) is 19.2. The summed E-state index contributed by atoms with van der Waals surface area (Å²) >= 11 is 0. The molecular formula is C18H17F3N2O3. The molecule has 0 spiro atoms. The topological polar surface area (TPSA) is 71.3 Å². The van der Waals surface area contributed by atoms with E-state index < -0.39 is 17.6 Å². The van der Waals surface area contributed by atoms with Gasteiger partial charge in [-0.2, -0.15) is 13.2 Å². The van der Waals surface area contributed by atoms with E-state index in [2.05, 4.69) is 10.6 Å². The van der Waals surface area contributed by atoms with Gasteiger partial charge in [0.05, 0.1) is 11.8 Å². The van der Waals surface area contributed by atoms with Gasteiger partial charge in [-0.05, 0) is 42.3 Å². The molecule has 0 saturated heterocycles. The molecule has 0 unspecified atom stereocenters. The fraction of sp³-hybridized carbons (Fsp3) is 0.222. The highest BCUT2D eigenvalue weighted by atomic mass is 19.4. The molecule has 2 N–H and O–H groups in total. The van der Waals surface area contributed by atoms with Gasteiger partial charge in [0, 0.05) is 19.2 Å². The van der Waals surface area contributed by atoms with E-state index in [1.54, 1.807) is 13.0 Å². The summed E-state index contributed by atoms with van der Waals surface area (Å²) in [6, 6.07) is 7.66. The number of hydrogen-bond donors (Lipinski definition) is 2. The highest BCUT2D eigenvalue weighted by Gasteiger charge is 2.29. The molecular weight excluding hydrogens is 349 g/mol. The van der Waals surface area contributed by atoms with Crippen molar-refractivity contribution in [1.29, 1.82) is 0 Å². The molecule has 1 heterocycles. The number of halogens is 3. The summed E-state index contributed by atoms with van der Waals surface area (Å²) in [6.45, 7) is 2.03. The van der Waals surface area contributed by atoms with Crippen LogP contribution >= 0.6 is 0 Å². The number of hydrogen-bond acceptors (Lipinski definition) is 3. The Morgan fingerprint density at radius 1 is 1.08 bits per heavy atom. The van der Waals surface area contributed by atoms with Gasteiger partial charge in [-0.1, -0.05) is 12.1 Å². The Hall–Kier alpha value is -3.03. The van der Waals surface area contributed by atoms with E-state index in [1.165, 1.54) is 30.5 Å². The highest BCUT2D eigenvalue weighted by molar-refractivity contribution is 5.95. The molecule has 0 bridgehead atoms. The van der Waals surface area contributed by atoms with E-state index in [4.69, 9.17) is 4.42 Å². The van der Waals surface area contributed by atoms with E-state index in [0.29, 0.717) is 11.1 Å². The van der Waals surface area contributed by atoms with Crippen LogP contribution in [-0.2, 0) is 11.0 Å². The lowest BCUT2D eigenvalue weighted by molar-refractivity contribution is -0.137. The van der Waals surface area contributed by atoms with Crippen LogP contribution in [0.5, 0.6) is 0 Å². The van der Waals surface area contributed by atoms with E-state index in [9.17, 15) is 22.8 Å². The van der Waals surface area contributed by atoms with Gasteiger partial charge in [0.1, 0.15) is 0 Å². The highest BCUT2D eigenvalue weighted by Crippen LogP contribution is 2.29. The van der Waals surface area contributed by atoms with Gasteiger partial charge in [-0.25, -0.2) is 0 Å². The Labute approximate surface area is 147 Å². The Morgan fingerprint density at radius 3 is 2.31 bits per heavy atom. The maximum absolute atomic E-state index is 12.5. The summed E-state index contributed by atoms with van der Waals surface area (Å²) in [5, 5.41) is 5.15. The number of rotatable bonds is 6. The normalized spacial score (nSPS) is 11.9. The standard InChI is InChI=1S/C18H17F3N2O3/c1-12(13-4-6-14(7-5-13)18(19,20)21)11-16(24)22-8-9-23-17(25)15-3-2-10-26-15/h2-7,10-11H,8-9H2,1H3,(H,22,24)(H,23,25)/b12-11-. The number of nitrogens with one attached hydrogen (secondary N) is 2. The second-order valence-corrected chi connectivity index (χ2v) is 5.43. The van der Waals surface area contributed by atoms with Crippen LogP contribution in [0.3, 0.4) is 0 Å². The largest absolute Gasteiger partial charge is 0.459 e. The monoisotopic (exact) mass is 366 g/mol. The molecule has 138 valence electrons. The molecule has 2 rings (SSSR count). The minimum atomic E-state index is -4.40. The fourth-order valence-corrected chi connectivity index (χ4v) is 2.11. The van der Waals surface area contributed by atoms with Crippen LogP contribution in [0.25, 0.3) is 5.57 Å². The minimum Gasteiger partial charge on any atom is -0.459 e. The summed E-state index contributed by atoms with van der Waals surface area (Å²) in [6.07, 6.45) is -1.73. The van der Waals surface area contributed by atoms with Crippen molar-refractivity contribution in [3.63, 3.8) is 0 Å². The Bertz CT molecular complexity index is 779. The van der Waals surface area contributed by atoms with Crippen LogP contribution in [0.1, 0.15) is 28.6 Å². The van der Waals surface area contributed by atoms with Crippen molar-refractivity contribution in [2.75, 3.05) is 13.1 Å². The molecule has 0 aliphatic rings. The summed E-state index contributed by atoms with van der Waals surface area (Å²) in [5.41, 5.74) is 0.293. The first-order chi connectivity index (χ1) is 12.3. The van der Waals surface area contributed by atoms with Gasteiger partial charge in [-0.15, -0.1) is 0 Å². The lowest BCUT2D eigenvalue weighted by Gasteiger charge is -2.08. The second kappa shape index (κ2) is 8.37. The van der Waals surface area contributed by atoms with E-state index in [1.807, 2.05) is 0 Å². The predicted molar refractivity (Wildman–Crippen MR) is 89.1 cm³/mol. The quantitative estimate of drug-likeness (QED) is 0.609. The number of allylic oxidation sites excluding steroid dienone is 1. The summed E-state index contributed by atoms with van der Waals surface area (Å²) in [5.74, 6) is -0.621. The van der Waals surface area contributed by atoms with Crippen LogP contribution in [0, 0.1) is 0 Å². The lowest BCUT2D eigenvalue weighted by Crippen LogP contribution is -2.33. The Morgan fingerprint density at radius 2 is 1.73 bits per heavy atom. The summed E-state index contributed by atoms with van der Waals surface area (Å²) in [4.78, 5) is 23.4. The van der Waals surface area contributed by atoms with Crippen molar-refractivity contribution >= 4 is 17.4 Å². The summed E-state index contributed by atoms with van der Waals surface area (Å²) in [7, 11) is 0. The Balaban J connectivity index is 1.81. The summed E-state index contributed by atoms with van der Waals surface area (Å²) < 4.78 is 42.5. The molecule has 2 aromatic rings. The molecule has 0 aliphatic heterocycles. The number of alkyl halides is 3. The van der Waals surface area contributed by atoms with Crippen LogP contribution in [0.2, 0.25) is 0 Å². The third-order valence-electron chi connectivity index (χ3n) is 3.47. The SMILES string of the molecule is C/C(=C/C(=O)NCCNC(=O)c1ccco1)c1ccc(C(F)(F)F)cc1. The van der Waals surface area contributed by atoms with Crippen LogP contribution in [0.15, 0.2) is 53.2 Å². The smallest absolute Gasteiger partial charge is 0.416 e. The average Bonchev–Trinajstić information content (AvgIpc) is 3.12. The van der Waals surface area contributed by atoms with Gasteiger partial charge in [0.2, 0.25) is 5.91 Å². The molecule has 0 atom stereocenters. The number of carbonyl (C=O) groups excluding carboxylic acids is 2. The molecule has 0 radical (unpaired) electrons. The maximum Gasteiger partial charge on any atom is 0.416 e. The van der Waals surface area contributed by atoms with E-state index >= 15 is 0 Å². The Kier molecular flexibility index (Phi) is 6.21. The molecule has 2 amide bonds. The van der Waals surface area contributed by atoms with Gasteiger partial charge < -0.3 is 15.1 Å². The lowest BCUT2D eigenvalue weighted by atomic mass is 10.0. The number of furan rings is 1. The average molecular weight is 366 g/mol. The molecule has 0 fully saturated rings. The zero-order valence-electron chi connectivity index (χ0n) is 13.9. The second-order valence-electron chi connectivity index (χ2n) is 5.43. The molecule has 0 saturated carbocycles. The maximum atomic E-state index is 12.5. The van der Waals surface area contributed by atoms with Crippen molar-refractivity contribution in [2.45, 2.75) is 13.1 Å². The third-order valence-corrected chi connectivity index (χ3v) is 3.47. The molecule has 0 aliphatic carbocycles. The van der Waals surface area contributed by atoms with E-state index in [0.717, 1.165) is 12.1 Å². The predicted octanol–water partition coefficient (Wildman–Crippen LogP) is 3.25. The third kappa shape index (κ3) is 5.51. The van der Waals surface area contributed by atoms with Crippen molar-refractivity contribution in [3.8, 4) is 0 Å². The van der Waals surface area contributed by atoms with Crippen LogP contribution in [0.4, 0.5) is 13.2 Å². The van der Waals surface area contributed by atoms with Crippen molar-refractivity contribution in [3.05, 3.63) is 65.6 Å². The molecule has 8 heteroatoms. The van der Waals surface area contributed by atoms with Crippen molar-refractivity contribution < 1.29 is 27.2 Å². The number of amides is 2. The van der Waals surface area contributed by atoms with Gasteiger partial charge in [0.15, 0.2) is 5.76 Å². The van der Waals surface area contributed by atoms with Crippen molar-refractivity contribution in [2.24, 2.45) is 0 Å². The van der Waals surface area contributed by atoms with Gasteiger partial charge >= 0.3 is 6.18 Å². The minimum absolute atomic E-state index is 0.175. The molecule has 1 aromatic carbocycles. The fourth-order valence-electron chi connectivity index (χ4n) is 2.11. The molecule has 5 nitrogen and oxygen atoms in total. The number of carbonyl (C=O) groups is 2. The van der Waals surface area contributed by atoms with Crippen LogP contribution < -0.4 is 10.6 Å². The first kappa shape index (κ1) is 19.3.